The van der Waals surface area contributed by atoms with Crippen molar-refractivity contribution in [3.05, 3.63) is 16.6 Å². The number of nitrogens with zero attached hydrogens (tertiary/aromatic N) is 3. The molecule has 1 amide bonds. The molecule has 1 aromatic heterocycles. The first-order chi connectivity index (χ1) is 9.16. The maximum atomic E-state index is 12.1. The number of likely N-dealkylation sites (tertiary alicyclic amines) is 1. The van der Waals surface area contributed by atoms with Crippen LogP contribution in [0.3, 0.4) is 0 Å². The minimum Gasteiger partial charge on any atom is -0.339 e. The Morgan fingerprint density at radius 1 is 1.58 bits per heavy atom. The van der Waals surface area contributed by atoms with Crippen molar-refractivity contribution >= 4 is 17.2 Å². The Bertz CT molecular complexity index is 393. The van der Waals surface area contributed by atoms with Gasteiger partial charge >= 0.3 is 0 Å². The molecule has 0 aliphatic carbocycles. The summed E-state index contributed by atoms with van der Waals surface area (Å²) < 4.78 is 0. The highest BCUT2D eigenvalue weighted by Crippen LogP contribution is 2.19. The van der Waals surface area contributed by atoms with Crippen LogP contribution in [-0.2, 0) is 11.3 Å². The van der Waals surface area contributed by atoms with Crippen molar-refractivity contribution in [1.82, 2.24) is 14.8 Å². The standard InChI is InChI=1S/C14H23N3OS/c1-16-9-4-3-5-12(16)6-7-14(18)17(2)11-13-15-8-10-19-13/h8,10,12H,3-7,9,11H2,1-2H3. The number of aromatic nitrogens is 1. The molecule has 1 fully saturated rings. The normalized spacial score (nSPS) is 20.4. The molecule has 0 saturated carbocycles. The number of rotatable bonds is 5. The summed E-state index contributed by atoms with van der Waals surface area (Å²) in [6, 6.07) is 0.589. The molecule has 1 aromatic rings. The SMILES string of the molecule is CN(Cc1nccs1)C(=O)CCC1CCCCN1C. The van der Waals surface area contributed by atoms with Crippen LogP contribution in [0.25, 0.3) is 0 Å². The third kappa shape index (κ3) is 4.28. The fourth-order valence-corrected chi connectivity index (χ4v) is 3.28. The Morgan fingerprint density at radius 3 is 3.11 bits per heavy atom. The van der Waals surface area contributed by atoms with Gasteiger partial charge in [0.2, 0.25) is 5.91 Å². The van der Waals surface area contributed by atoms with Gasteiger partial charge in [0.25, 0.3) is 0 Å². The Morgan fingerprint density at radius 2 is 2.42 bits per heavy atom. The number of amides is 1. The van der Waals surface area contributed by atoms with Crippen molar-refractivity contribution in [1.29, 1.82) is 0 Å². The first-order valence-corrected chi connectivity index (χ1v) is 7.87. The van der Waals surface area contributed by atoms with Gasteiger partial charge in [-0.15, -0.1) is 11.3 Å². The summed E-state index contributed by atoms with van der Waals surface area (Å²) in [6.45, 7) is 1.81. The summed E-state index contributed by atoms with van der Waals surface area (Å²) in [4.78, 5) is 20.5. The fraction of sp³-hybridized carbons (Fsp3) is 0.714. The number of piperidine rings is 1. The van der Waals surface area contributed by atoms with Gasteiger partial charge in [0.1, 0.15) is 5.01 Å². The zero-order chi connectivity index (χ0) is 13.7. The van der Waals surface area contributed by atoms with E-state index in [2.05, 4.69) is 16.9 Å². The van der Waals surface area contributed by atoms with Crippen LogP contribution in [0.15, 0.2) is 11.6 Å². The van der Waals surface area contributed by atoms with Crippen LogP contribution in [0.2, 0.25) is 0 Å². The molecule has 1 aliphatic heterocycles. The van der Waals surface area contributed by atoms with Gasteiger partial charge in [0.05, 0.1) is 6.54 Å². The predicted octanol–water partition coefficient (Wildman–Crippen LogP) is 2.37. The van der Waals surface area contributed by atoms with Crippen molar-refractivity contribution in [2.45, 2.75) is 44.7 Å². The van der Waals surface area contributed by atoms with Gasteiger partial charge in [0, 0.05) is 31.1 Å². The number of hydrogen-bond acceptors (Lipinski definition) is 4. The molecule has 5 heteroatoms. The van der Waals surface area contributed by atoms with Gasteiger partial charge < -0.3 is 9.80 Å². The predicted molar refractivity (Wildman–Crippen MR) is 78.1 cm³/mol. The molecular weight excluding hydrogens is 258 g/mol. The van der Waals surface area contributed by atoms with E-state index in [0.717, 1.165) is 11.4 Å². The second-order valence-electron chi connectivity index (χ2n) is 5.34. The maximum absolute atomic E-state index is 12.1. The molecule has 1 aliphatic rings. The summed E-state index contributed by atoms with van der Waals surface area (Å²) in [5.41, 5.74) is 0. The number of carbonyl (C=O) groups excluding carboxylic acids is 1. The van der Waals surface area contributed by atoms with Crippen molar-refractivity contribution in [3.8, 4) is 0 Å². The van der Waals surface area contributed by atoms with Gasteiger partial charge in [-0.05, 0) is 32.9 Å². The van der Waals surface area contributed by atoms with E-state index in [9.17, 15) is 4.79 Å². The quantitative estimate of drug-likeness (QED) is 0.831. The number of thiazole rings is 1. The lowest BCUT2D eigenvalue weighted by molar-refractivity contribution is -0.130. The van der Waals surface area contributed by atoms with Crippen molar-refractivity contribution in [3.63, 3.8) is 0 Å². The Kier molecular flexibility index (Phi) is 5.34. The van der Waals surface area contributed by atoms with E-state index < -0.39 is 0 Å². The Balaban J connectivity index is 1.74. The molecule has 1 saturated heterocycles. The minimum absolute atomic E-state index is 0.231. The molecule has 19 heavy (non-hydrogen) atoms. The average molecular weight is 281 g/mol. The third-order valence-corrected chi connectivity index (χ3v) is 4.66. The van der Waals surface area contributed by atoms with Crippen LogP contribution >= 0.6 is 11.3 Å². The lowest BCUT2D eigenvalue weighted by Gasteiger charge is -2.32. The van der Waals surface area contributed by atoms with E-state index >= 15 is 0 Å². The van der Waals surface area contributed by atoms with Gasteiger partial charge in [-0.1, -0.05) is 6.42 Å². The highest BCUT2D eigenvalue weighted by Gasteiger charge is 2.20. The highest BCUT2D eigenvalue weighted by molar-refractivity contribution is 7.09. The molecule has 1 atom stereocenters. The number of carbonyl (C=O) groups is 1. The van der Waals surface area contributed by atoms with E-state index in [1.54, 1.807) is 22.4 Å². The monoisotopic (exact) mass is 281 g/mol. The molecule has 0 N–H and O–H groups in total. The van der Waals surface area contributed by atoms with E-state index in [1.807, 2.05) is 12.4 Å². The van der Waals surface area contributed by atoms with Crippen molar-refractivity contribution in [2.75, 3.05) is 20.6 Å². The summed E-state index contributed by atoms with van der Waals surface area (Å²) >= 11 is 1.60. The second-order valence-corrected chi connectivity index (χ2v) is 6.32. The largest absolute Gasteiger partial charge is 0.339 e. The molecule has 0 bridgehead atoms. The summed E-state index contributed by atoms with van der Waals surface area (Å²) in [7, 11) is 4.04. The smallest absolute Gasteiger partial charge is 0.222 e. The van der Waals surface area contributed by atoms with E-state index in [0.29, 0.717) is 19.0 Å². The van der Waals surface area contributed by atoms with E-state index in [-0.39, 0.29) is 5.91 Å². The molecule has 1 unspecified atom stereocenters. The van der Waals surface area contributed by atoms with Crippen molar-refractivity contribution in [2.24, 2.45) is 0 Å². The maximum Gasteiger partial charge on any atom is 0.222 e. The Labute approximate surface area is 119 Å². The fourth-order valence-electron chi connectivity index (χ4n) is 2.61. The van der Waals surface area contributed by atoms with E-state index in [4.69, 9.17) is 0 Å². The topological polar surface area (TPSA) is 36.4 Å². The molecule has 0 spiro atoms. The summed E-state index contributed by atoms with van der Waals surface area (Å²) in [5, 5.41) is 2.95. The molecule has 0 aromatic carbocycles. The molecule has 106 valence electrons. The van der Waals surface area contributed by atoms with Crippen LogP contribution in [0.5, 0.6) is 0 Å². The van der Waals surface area contributed by atoms with Gasteiger partial charge in [-0.3, -0.25) is 4.79 Å². The van der Waals surface area contributed by atoms with Crippen LogP contribution in [0.1, 0.15) is 37.1 Å². The number of hydrogen-bond donors (Lipinski definition) is 0. The summed E-state index contributed by atoms with van der Waals surface area (Å²) in [5.74, 6) is 0.231. The van der Waals surface area contributed by atoms with Crippen molar-refractivity contribution < 1.29 is 4.79 Å². The minimum atomic E-state index is 0.231. The van der Waals surface area contributed by atoms with Crippen LogP contribution in [0.4, 0.5) is 0 Å². The second kappa shape index (κ2) is 7.01. The molecule has 2 heterocycles. The van der Waals surface area contributed by atoms with Crippen LogP contribution < -0.4 is 0 Å². The molecule has 0 radical (unpaired) electrons. The summed E-state index contributed by atoms with van der Waals surface area (Å²) in [6.07, 6.45) is 7.26. The van der Waals surface area contributed by atoms with Gasteiger partial charge in [-0.2, -0.15) is 0 Å². The van der Waals surface area contributed by atoms with Gasteiger partial charge in [0.15, 0.2) is 0 Å². The van der Waals surface area contributed by atoms with E-state index in [1.165, 1.54) is 25.8 Å². The zero-order valence-corrected chi connectivity index (χ0v) is 12.7. The lowest BCUT2D eigenvalue weighted by Crippen LogP contribution is -2.37. The lowest BCUT2D eigenvalue weighted by atomic mass is 9.98. The highest BCUT2D eigenvalue weighted by atomic mass is 32.1. The molecule has 2 rings (SSSR count). The van der Waals surface area contributed by atoms with Crippen LogP contribution in [0, 0.1) is 0 Å². The zero-order valence-electron chi connectivity index (χ0n) is 11.8. The first kappa shape index (κ1) is 14.5. The van der Waals surface area contributed by atoms with Crippen LogP contribution in [-0.4, -0.2) is 47.4 Å². The van der Waals surface area contributed by atoms with Gasteiger partial charge in [-0.25, -0.2) is 4.98 Å². The first-order valence-electron chi connectivity index (χ1n) is 6.99. The molecular formula is C14H23N3OS. The average Bonchev–Trinajstić information content (AvgIpc) is 2.90. The third-order valence-electron chi connectivity index (χ3n) is 3.89. The molecule has 4 nitrogen and oxygen atoms in total. The Hall–Kier alpha value is -0.940.